The fourth-order valence-corrected chi connectivity index (χ4v) is 2.35. The van der Waals surface area contributed by atoms with Crippen LogP contribution in [0, 0.1) is 6.92 Å². The van der Waals surface area contributed by atoms with Crippen LogP contribution in [0.25, 0.3) is 0 Å². The summed E-state index contributed by atoms with van der Waals surface area (Å²) in [5, 5.41) is 19.7. The number of carbonyl (C=O) groups is 1. The summed E-state index contributed by atoms with van der Waals surface area (Å²) in [6.07, 6.45) is 3.34. The minimum Gasteiger partial charge on any atom is -0.386 e. The number of nitrogens with zero attached hydrogens (tertiary/aromatic N) is 2. The van der Waals surface area contributed by atoms with Gasteiger partial charge in [-0.25, -0.2) is 4.79 Å². The number of rotatable bonds is 6. The van der Waals surface area contributed by atoms with Crippen LogP contribution in [-0.4, -0.2) is 27.5 Å². The summed E-state index contributed by atoms with van der Waals surface area (Å²) in [6.45, 7) is 4.20. The number of nitrogens with one attached hydrogen (secondary N) is 2. The fourth-order valence-electron chi connectivity index (χ4n) is 2.35. The molecule has 1 heterocycles. The van der Waals surface area contributed by atoms with E-state index in [1.165, 1.54) is 5.56 Å². The summed E-state index contributed by atoms with van der Waals surface area (Å²) in [5.74, 6) is 0. The molecular weight excluding hydrogens is 292 g/mol. The molecular formula is C17H24N4O2. The van der Waals surface area contributed by atoms with Crippen LogP contribution >= 0.6 is 0 Å². The normalized spacial score (nSPS) is 13.4. The van der Waals surface area contributed by atoms with Crippen LogP contribution in [0.15, 0.2) is 36.7 Å². The van der Waals surface area contributed by atoms with Crippen molar-refractivity contribution >= 4 is 6.03 Å². The monoisotopic (exact) mass is 316 g/mol. The molecule has 0 spiro atoms. The van der Waals surface area contributed by atoms with Gasteiger partial charge in [-0.15, -0.1) is 0 Å². The van der Waals surface area contributed by atoms with Gasteiger partial charge in [0, 0.05) is 25.4 Å². The van der Waals surface area contributed by atoms with Crippen molar-refractivity contribution in [2.75, 3.05) is 6.54 Å². The summed E-state index contributed by atoms with van der Waals surface area (Å²) in [7, 11) is 1.78. The Kier molecular flexibility index (Phi) is 5.76. The van der Waals surface area contributed by atoms with Crippen molar-refractivity contribution in [3.63, 3.8) is 0 Å². The molecule has 0 aliphatic carbocycles. The molecule has 0 radical (unpaired) electrons. The molecule has 0 bridgehead atoms. The third-order valence-corrected chi connectivity index (χ3v) is 3.76. The topological polar surface area (TPSA) is 79.2 Å². The Morgan fingerprint density at radius 1 is 1.30 bits per heavy atom. The summed E-state index contributed by atoms with van der Waals surface area (Å²) in [4.78, 5) is 12.0. The van der Waals surface area contributed by atoms with Crippen LogP contribution in [0.4, 0.5) is 4.79 Å². The highest BCUT2D eigenvalue weighted by Gasteiger charge is 2.15. The number of aliphatic hydroxyl groups excluding tert-OH is 1. The Bertz CT molecular complexity index is 636. The van der Waals surface area contributed by atoms with Crippen molar-refractivity contribution in [3.05, 3.63) is 53.3 Å². The minimum atomic E-state index is -0.770. The number of aliphatic hydroxyl groups is 1. The van der Waals surface area contributed by atoms with Crippen LogP contribution in [0.5, 0.6) is 0 Å². The Morgan fingerprint density at radius 2 is 2.00 bits per heavy atom. The van der Waals surface area contributed by atoms with Crippen molar-refractivity contribution in [1.82, 2.24) is 20.4 Å². The predicted molar refractivity (Wildman–Crippen MR) is 88.9 cm³/mol. The number of hydrogen-bond acceptors (Lipinski definition) is 3. The van der Waals surface area contributed by atoms with E-state index in [4.69, 9.17) is 0 Å². The second-order valence-corrected chi connectivity index (χ2v) is 5.69. The van der Waals surface area contributed by atoms with Gasteiger partial charge in [0.2, 0.25) is 0 Å². The number of hydrogen-bond donors (Lipinski definition) is 3. The quantitative estimate of drug-likeness (QED) is 0.764. The molecule has 2 amide bonds. The zero-order chi connectivity index (χ0) is 16.8. The van der Waals surface area contributed by atoms with Crippen molar-refractivity contribution in [2.45, 2.75) is 32.4 Å². The minimum absolute atomic E-state index is 0.0499. The summed E-state index contributed by atoms with van der Waals surface area (Å²) in [6, 6.07) is 7.77. The second kappa shape index (κ2) is 7.78. The van der Waals surface area contributed by atoms with E-state index in [2.05, 4.69) is 15.7 Å². The van der Waals surface area contributed by atoms with Crippen LogP contribution in [0.1, 0.15) is 42.2 Å². The molecule has 0 saturated carbocycles. The second-order valence-electron chi connectivity index (χ2n) is 5.69. The van der Waals surface area contributed by atoms with Gasteiger partial charge in [-0.1, -0.05) is 36.8 Å². The fraction of sp³-hybridized carbons (Fsp3) is 0.412. The molecule has 0 aliphatic rings. The number of benzene rings is 1. The molecule has 3 N–H and O–H groups in total. The summed E-state index contributed by atoms with van der Waals surface area (Å²) < 4.78 is 1.61. The van der Waals surface area contributed by atoms with E-state index in [-0.39, 0.29) is 18.6 Å². The predicted octanol–water partition coefficient (Wildman–Crippen LogP) is 2.21. The van der Waals surface area contributed by atoms with Gasteiger partial charge in [-0.05, 0) is 18.9 Å². The Hall–Kier alpha value is -2.34. The lowest BCUT2D eigenvalue weighted by atomic mass is 10.0. The van der Waals surface area contributed by atoms with Crippen molar-refractivity contribution in [2.24, 2.45) is 7.05 Å². The molecule has 1 aromatic heterocycles. The van der Waals surface area contributed by atoms with Crippen LogP contribution in [0.3, 0.4) is 0 Å². The van der Waals surface area contributed by atoms with Gasteiger partial charge in [0.25, 0.3) is 0 Å². The van der Waals surface area contributed by atoms with Gasteiger partial charge in [-0.2, -0.15) is 5.10 Å². The molecule has 6 heteroatoms. The van der Waals surface area contributed by atoms with E-state index in [1.807, 2.05) is 38.1 Å². The zero-order valence-corrected chi connectivity index (χ0v) is 13.8. The first-order chi connectivity index (χ1) is 11.0. The largest absolute Gasteiger partial charge is 0.386 e. The van der Waals surface area contributed by atoms with Gasteiger partial charge in [0.15, 0.2) is 0 Å². The number of aromatic nitrogens is 2. The molecule has 0 saturated heterocycles. The molecule has 2 unspecified atom stereocenters. The van der Waals surface area contributed by atoms with E-state index in [1.54, 1.807) is 24.1 Å². The lowest BCUT2D eigenvalue weighted by Gasteiger charge is -2.19. The average molecular weight is 316 g/mol. The smallest absolute Gasteiger partial charge is 0.315 e. The molecule has 6 nitrogen and oxygen atoms in total. The van der Waals surface area contributed by atoms with Gasteiger partial charge < -0.3 is 15.7 Å². The summed E-state index contributed by atoms with van der Waals surface area (Å²) >= 11 is 0. The van der Waals surface area contributed by atoms with Crippen molar-refractivity contribution in [3.8, 4) is 0 Å². The maximum absolute atomic E-state index is 12.0. The first-order valence-corrected chi connectivity index (χ1v) is 7.77. The highest BCUT2D eigenvalue weighted by molar-refractivity contribution is 5.74. The van der Waals surface area contributed by atoms with Crippen LogP contribution in [-0.2, 0) is 7.05 Å². The molecule has 2 aromatic rings. The number of aryl methyl sites for hydroxylation is 2. The molecule has 124 valence electrons. The standard InChI is InChI=1S/C17H24N4O2/c1-4-15(13-7-5-12(2)6-8-13)20-17(23)18-10-16(22)14-9-19-21(3)11-14/h5-9,11,15-16,22H,4,10H2,1-3H3,(H2,18,20,23). The Balaban J connectivity index is 1.86. The first kappa shape index (κ1) is 17.0. The highest BCUT2D eigenvalue weighted by Crippen LogP contribution is 2.17. The number of urea groups is 1. The highest BCUT2D eigenvalue weighted by atomic mass is 16.3. The molecule has 0 fully saturated rings. The lowest BCUT2D eigenvalue weighted by molar-refractivity contribution is 0.172. The molecule has 0 aliphatic heterocycles. The lowest BCUT2D eigenvalue weighted by Crippen LogP contribution is -2.39. The van der Waals surface area contributed by atoms with Gasteiger partial charge >= 0.3 is 6.03 Å². The van der Waals surface area contributed by atoms with Crippen molar-refractivity contribution < 1.29 is 9.90 Å². The Morgan fingerprint density at radius 3 is 2.57 bits per heavy atom. The van der Waals surface area contributed by atoms with Crippen LogP contribution in [0.2, 0.25) is 0 Å². The molecule has 2 rings (SSSR count). The molecule has 23 heavy (non-hydrogen) atoms. The summed E-state index contributed by atoms with van der Waals surface area (Å²) in [5.41, 5.74) is 2.94. The van der Waals surface area contributed by atoms with Crippen molar-refractivity contribution in [1.29, 1.82) is 0 Å². The maximum Gasteiger partial charge on any atom is 0.315 e. The van der Waals surface area contributed by atoms with E-state index >= 15 is 0 Å². The first-order valence-electron chi connectivity index (χ1n) is 7.77. The zero-order valence-electron chi connectivity index (χ0n) is 13.8. The van der Waals surface area contributed by atoms with E-state index in [0.717, 1.165) is 12.0 Å². The Labute approximate surface area is 136 Å². The SMILES string of the molecule is CCC(NC(=O)NCC(O)c1cnn(C)c1)c1ccc(C)cc1. The average Bonchev–Trinajstić information content (AvgIpc) is 2.98. The maximum atomic E-state index is 12.0. The van der Waals surface area contributed by atoms with Gasteiger partial charge in [-0.3, -0.25) is 4.68 Å². The van der Waals surface area contributed by atoms with Gasteiger partial charge in [0.1, 0.15) is 0 Å². The number of amides is 2. The third kappa shape index (κ3) is 4.82. The number of carbonyl (C=O) groups excluding carboxylic acids is 1. The van der Waals surface area contributed by atoms with E-state index < -0.39 is 6.10 Å². The van der Waals surface area contributed by atoms with E-state index in [9.17, 15) is 9.90 Å². The molecule has 1 aromatic carbocycles. The third-order valence-electron chi connectivity index (χ3n) is 3.76. The van der Waals surface area contributed by atoms with Crippen LogP contribution < -0.4 is 10.6 Å². The van der Waals surface area contributed by atoms with E-state index in [0.29, 0.717) is 5.56 Å². The van der Waals surface area contributed by atoms with Gasteiger partial charge in [0.05, 0.1) is 18.3 Å². The molecule has 2 atom stereocenters.